The van der Waals surface area contributed by atoms with Crippen LogP contribution in [0.2, 0.25) is 0 Å². The molecule has 2 aromatic rings. The lowest BCUT2D eigenvalue weighted by molar-refractivity contribution is -0.179. The topological polar surface area (TPSA) is 30.5 Å². The highest BCUT2D eigenvalue weighted by Gasteiger charge is 2.40. The quantitative estimate of drug-likeness (QED) is 0.938. The molecule has 2 aliphatic rings. The van der Waals surface area contributed by atoms with E-state index >= 15 is 0 Å². The molecule has 0 amide bonds. The van der Waals surface area contributed by atoms with Gasteiger partial charge in [-0.05, 0) is 35.2 Å². The SMILES string of the molecule is c1ccc2cc(CNC3CCC4(CC3)OCCO4)ccc2c1. The van der Waals surface area contributed by atoms with Crippen molar-refractivity contribution in [3.05, 3.63) is 48.0 Å². The fraction of sp³-hybridized carbons (Fsp3) is 0.474. The lowest BCUT2D eigenvalue weighted by Gasteiger charge is -2.35. The van der Waals surface area contributed by atoms with Crippen LogP contribution in [-0.2, 0) is 16.0 Å². The highest BCUT2D eigenvalue weighted by atomic mass is 16.7. The van der Waals surface area contributed by atoms with Crippen molar-refractivity contribution in [2.75, 3.05) is 13.2 Å². The number of rotatable bonds is 3. The van der Waals surface area contributed by atoms with Crippen molar-refractivity contribution >= 4 is 10.8 Å². The largest absolute Gasteiger partial charge is 0.348 e. The van der Waals surface area contributed by atoms with Gasteiger partial charge in [0.1, 0.15) is 0 Å². The maximum Gasteiger partial charge on any atom is 0.168 e. The van der Waals surface area contributed by atoms with Gasteiger partial charge in [0, 0.05) is 25.4 Å². The first-order valence-electron chi connectivity index (χ1n) is 8.32. The van der Waals surface area contributed by atoms with Gasteiger partial charge >= 0.3 is 0 Å². The van der Waals surface area contributed by atoms with E-state index < -0.39 is 0 Å². The molecule has 0 unspecified atom stereocenters. The first kappa shape index (κ1) is 14.2. The first-order valence-corrected chi connectivity index (χ1v) is 8.32. The van der Waals surface area contributed by atoms with Crippen LogP contribution in [-0.4, -0.2) is 25.0 Å². The molecule has 4 rings (SSSR count). The Labute approximate surface area is 131 Å². The van der Waals surface area contributed by atoms with Gasteiger partial charge in [0.25, 0.3) is 0 Å². The van der Waals surface area contributed by atoms with Crippen LogP contribution in [0.3, 0.4) is 0 Å². The van der Waals surface area contributed by atoms with Gasteiger partial charge in [0.05, 0.1) is 13.2 Å². The van der Waals surface area contributed by atoms with Gasteiger partial charge in [-0.1, -0.05) is 36.4 Å². The van der Waals surface area contributed by atoms with Crippen LogP contribution in [0.15, 0.2) is 42.5 Å². The van der Waals surface area contributed by atoms with Crippen LogP contribution in [0.25, 0.3) is 10.8 Å². The van der Waals surface area contributed by atoms with Crippen molar-refractivity contribution < 1.29 is 9.47 Å². The average molecular weight is 297 g/mol. The molecular formula is C19H23NO2. The first-order chi connectivity index (χ1) is 10.8. The van der Waals surface area contributed by atoms with Crippen LogP contribution < -0.4 is 5.32 Å². The number of fused-ring (bicyclic) bond motifs is 1. The van der Waals surface area contributed by atoms with Crippen molar-refractivity contribution in [2.24, 2.45) is 0 Å². The van der Waals surface area contributed by atoms with E-state index in [1.54, 1.807) is 0 Å². The van der Waals surface area contributed by atoms with Crippen LogP contribution in [0.1, 0.15) is 31.2 Å². The molecule has 1 N–H and O–H groups in total. The highest BCUT2D eigenvalue weighted by Crippen LogP contribution is 2.35. The number of nitrogens with one attached hydrogen (secondary N) is 1. The number of benzene rings is 2. The maximum absolute atomic E-state index is 5.79. The third kappa shape index (κ3) is 2.89. The smallest absolute Gasteiger partial charge is 0.168 e. The summed E-state index contributed by atoms with van der Waals surface area (Å²) < 4.78 is 11.6. The molecular weight excluding hydrogens is 274 g/mol. The molecule has 3 heteroatoms. The van der Waals surface area contributed by atoms with Crippen molar-refractivity contribution in [1.29, 1.82) is 0 Å². The number of ether oxygens (including phenoxy) is 2. The monoisotopic (exact) mass is 297 g/mol. The van der Waals surface area contributed by atoms with Crippen molar-refractivity contribution in [2.45, 2.75) is 44.1 Å². The molecule has 2 fully saturated rings. The van der Waals surface area contributed by atoms with Gasteiger partial charge in [-0.2, -0.15) is 0 Å². The van der Waals surface area contributed by atoms with E-state index in [1.807, 2.05) is 0 Å². The van der Waals surface area contributed by atoms with Gasteiger partial charge in [0.15, 0.2) is 5.79 Å². The van der Waals surface area contributed by atoms with Gasteiger partial charge in [0.2, 0.25) is 0 Å². The Morgan fingerprint density at radius 3 is 2.45 bits per heavy atom. The molecule has 1 saturated carbocycles. The van der Waals surface area contributed by atoms with Crippen molar-refractivity contribution in [3.8, 4) is 0 Å². The maximum atomic E-state index is 5.79. The molecule has 0 bridgehead atoms. The molecule has 0 radical (unpaired) electrons. The zero-order chi connectivity index (χ0) is 14.8. The zero-order valence-electron chi connectivity index (χ0n) is 12.9. The lowest BCUT2D eigenvalue weighted by Crippen LogP contribution is -2.41. The standard InChI is InChI=1S/C19H23NO2/c1-2-4-17-13-15(5-6-16(17)3-1)14-20-18-7-9-19(10-8-18)21-11-12-22-19/h1-6,13,18,20H,7-12,14H2. The van der Waals surface area contributed by atoms with E-state index in [0.29, 0.717) is 6.04 Å². The number of hydrogen-bond acceptors (Lipinski definition) is 3. The van der Waals surface area contributed by atoms with Crippen LogP contribution in [0.4, 0.5) is 0 Å². The molecule has 1 heterocycles. The second kappa shape index (κ2) is 5.99. The highest BCUT2D eigenvalue weighted by molar-refractivity contribution is 5.82. The van der Waals surface area contributed by atoms with E-state index in [9.17, 15) is 0 Å². The Morgan fingerprint density at radius 2 is 1.68 bits per heavy atom. The molecule has 0 atom stereocenters. The summed E-state index contributed by atoms with van der Waals surface area (Å²) in [6.07, 6.45) is 4.30. The summed E-state index contributed by atoms with van der Waals surface area (Å²) in [7, 11) is 0. The lowest BCUT2D eigenvalue weighted by atomic mass is 9.90. The zero-order valence-corrected chi connectivity index (χ0v) is 12.9. The predicted octanol–water partition coefficient (Wildman–Crippen LogP) is 3.62. The van der Waals surface area contributed by atoms with E-state index in [-0.39, 0.29) is 5.79 Å². The summed E-state index contributed by atoms with van der Waals surface area (Å²) in [5, 5.41) is 6.32. The Morgan fingerprint density at radius 1 is 0.955 bits per heavy atom. The summed E-state index contributed by atoms with van der Waals surface area (Å²) in [4.78, 5) is 0. The van der Waals surface area contributed by atoms with E-state index in [1.165, 1.54) is 16.3 Å². The summed E-state index contributed by atoms with van der Waals surface area (Å²) in [5.74, 6) is -0.249. The molecule has 3 nitrogen and oxygen atoms in total. The minimum atomic E-state index is -0.249. The third-order valence-corrected chi connectivity index (χ3v) is 4.97. The molecule has 22 heavy (non-hydrogen) atoms. The van der Waals surface area contributed by atoms with Gasteiger partial charge in [-0.3, -0.25) is 0 Å². The molecule has 2 aromatic carbocycles. The summed E-state index contributed by atoms with van der Waals surface area (Å²) in [5.41, 5.74) is 1.35. The molecule has 116 valence electrons. The van der Waals surface area contributed by atoms with Gasteiger partial charge in [-0.15, -0.1) is 0 Å². The molecule has 1 spiro atoms. The normalized spacial score (nSPS) is 21.6. The third-order valence-electron chi connectivity index (χ3n) is 4.97. The summed E-state index contributed by atoms with van der Waals surface area (Å²) in [6, 6.07) is 15.8. The fourth-order valence-corrected chi connectivity index (χ4v) is 3.66. The second-order valence-electron chi connectivity index (χ2n) is 6.44. The Bertz CT molecular complexity index is 639. The molecule has 1 saturated heterocycles. The van der Waals surface area contributed by atoms with Crippen molar-refractivity contribution in [1.82, 2.24) is 5.32 Å². The van der Waals surface area contributed by atoms with Crippen LogP contribution >= 0.6 is 0 Å². The second-order valence-corrected chi connectivity index (χ2v) is 6.44. The molecule has 1 aliphatic heterocycles. The van der Waals surface area contributed by atoms with Crippen LogP contribution in [0.5, 0.6) is 0 Å². The Kier molecular flexibility index (Phi) is 3.87. The average Bonchev–Trinajstić information content (AvgIpc) is 3.02. The van der Waals surface area contributed by atoms with Gasteiger partial charge in [-0.25, -0.2) is 0 Å². The molecule has 1 aliphatic carbocycles. The predicted molar refractivity (Wildman–Crippen MR) is 87.7 cm³/mol. The summed E-state index contributed by atoms with van der Waals surface area (Å²) >= 11 is 0. The van der Waals surface area contributed by atoms with E-state index in [0.717, 1.165) is 45.4 Å². The van der Waals surface area contributed by atoms with Crippen LogP contribution in [0, 0.1) is 0 Å². The fourth-order valence-electron chi connectivity index (χ4n) is 3.66. The molecule has 0 aromatic heterocycles. The van der Waals surface area contributed by atoms with E-state index in [4.69, 9.17) is 9.47 Å². The minimum absolute atomic E-state index is 0.249. The van der Waals surface area contributed by atoms with E-state index in [2.05, 4.69) is 47.8 Å². The summed E-state index contributed by atoms with van der Waals surface area (Å²) in [6.45, 7) is 2.45. The van der Waals surface area contributed by atoms with Gasteiger partial charge < -0.3 is 14.8 Å². The Hall–Kier alpha value is -1.42. The van der Waals surface area contributed by atoms with Crippen molar-refractivity contribution in [3.63, 3.8) is 0 Å². The minimum Gasteiger partial charge on any atom is -0.348 e. The Balaban J connectivity index is 1.34. The number of hydrogen-bond donors (Lipinski definition) is 1.